The Morgan fingerprint density at radius 2 is 1.34 bits per heavy atom. The van der Waals surface area contributed by atoms with Gasteiger partial charge in [0.1, 0.15) is 5.65 Å². The van der Waals surface area contributed by atoms with Crippen LogP contribution in [0, 0.1) is 0 Å². The van der Waals surface area contributed by atoms with E-state index >= 15 is 0 Å². The van der Waals surface area contributed by atoms with Crippen molar-refractivity contribution in [2.75, 3.05) is 0 Å². The van der Waals surface area contributed by atoms with Gasteiger partial charge in [-0.15, -0.1) is 0 Å². The number of hydrogen-bond donors (Lipinski definition) is 0. The van der Waals surface area contributed by atoms with Gasteiger partial charge in [-0.2, -0.15) is 0 Å². The van der Waals surface area contributed by atoms with E-state index in [0.717, 1.165) is 50.5 Å². The Morgan fingerprint density at radius 3 is 2.29 bits per heavy atom. The molecule has 0 spiro atoms. The summed E-state index contributed by atoms with van der Waals surface area (Å²) < 4.78 is 4.65. The third-order valence-corrected chi connectivity index (χ3v) is 8.86. The Labute approximate surface area is 234 Å². The number of benzene rings is 4. The van der Waals surface area contributed by atoms with E-state index in [-0.39, 0.29) is 0 Å². The zero-order valence-corrected chi connectivity index (χ0v) is 21.9. The fourth-order valence-corrected chi connectivity index (χ4v) is 7.09. The van der Waals surface area contributed by atoms with E-state index < -0.39 is 0 Å². The molecule has 0 aliphatic heterocycles. The molecule has 0 unspecified atom stereocenters. The van der Waals surface area contributed by atoms with E-state index in [1.807, 2.05) is 30.9 Å². The second-order valence-electron chi connectivity index (χ2n) is 11.0. The van der Waals surface area contributed by atoms with Gasteiger partial charge in [-0.25, -0.2) is 4.98 Å². The van der Waals surface area contributed by atoms with Gasteiger partial charge in [-0.3, -0.25) is 14.4 Å². The number of rotatable bonds is 1. The van der Waals surface area contributed by atoms with Gasteiger partial charge in [-0.1, -0.05) is 42.5 Å². The molecular weight excluding hydrogens is 502 g/mol. The van der Waals surface area contributed by atoms with Crippen molar-refractivity contribution in [2.45, 2.75) is 6.42 Å². The fourth-order valence-electron chi connectivity index (χ4n) is 7.09. The van der Waals surface area contributed by atoms with E-state index in [0.29, 0.717) is 0 Å². The van der Waals surface area contributed by atoms with E-state index in [9.17, 15) is 0 Å². The molecule has 5 nitrogen and oxygen atoms in total. The van der Waals surface area contributed by atoms with Crippen LogP contribution in [0.4, 0.5) is 0 Å². The average molecular weight is 524 g/mol. The van der Waals surface area contributed by atoms with E-state index in [2.05, 4.69) is 104 Å². The molecule has 0 atom stereocenters. The van der Waals surface area contributed by atoms with Crippen molar-refractivity contribution in [3.05, 3.63) is 127 Å². The Kier molecular flexibility index (Phi) is 3.92. The van der Waals surface area contributed by atoms with E-state index in [1.54, 1.807) is 0 Å². The highest BCUT2D eigenvalue weighted by Crippen LogP contribution is 2.44. The van der Waals surface area contributed by atoms with E-state index in [1.165, 1.54) is 44.1 Å². The molecule has 190 valence electrons. The molecule has 0 N–H and O–H groups in total. The molecule has 0 amide bonds. The standard InChI is InChI=1S/C36H21N5/c1-2-7-23(8-3-1)40-33-17-25-22(14-21-6-4-5-9-24(21)25)15-27(33)28-16-29-26(18-34(28)40)30-19-37-13-11-32(30)41-35-20-38-12-10-31(35)39-36(29)41/h1-13,15-20H,14H2. The van der Waals surface area contributed by atoms with Crippen LogP contribution in [0.1, 0.15) is 11.1 Å². The maximum Gasteiger partial charge on any atom is 0.146 e. The van der Waals surface area contributed by atoms with Crippen molar-refractivity contribution in [1.29, 1.82) is 0 Å². The van der Waals surface area contributed by atoms with Gasteiger partial charge < -0.3 is 4.57 Å². The van der Waals surface area contributed by atoms with Crippen LogP contribution in [0.25, 0.3) is 77.0 Å². The van der Waals surface area contributed by atoms with Crippen molar-refractivity contribution in [3.8, 4) is 16.8 Å². The molecule has 9 aromatic rings. The molecule has 5 aromatic heterocycles. The second kappa shape index (κ2) is 7.55. The Balaban J connectivity index is 1.43. The van der Waals surface area contributed by atoms with Crippen molar-refractivity contribution >= 4 is 60.2 Å². The topological polar surface area (TPSA) is 48.0 Å². The molecule has 0 bridgehead atoms. The summed E-state index contributed by atoms with van der Waals surface area (Å²) in [5.74, 6) is 0. The highest BCUT2D eigenvalue weighted by molar-refractivity contribution is 6.21. The molecule has 5 heteroatoms. The van der Waals surface area contributed by atoms with Gasteiger partial charge in [0.25, 0.3) is 0 Å². The number of hydrogen-bond acceptors (Lipinski definition) is 3. The smallest absolute Gasteiger partial charge is 0.146 e. The highest BCUT2D eigenvalue weighted by Gasteiger charge is 2.23. The normalized spacial score (nSPS) is 12.8. The van der Waals surface area contributed by atoms with Crippen LogP contribution in [-0.2, 0) is 6.42 Å². The maximum absolute atomic E-state index is 5.13. The lowest BCUT2D eigenvalue weighted by molar-refractivity contribution is 1.18. The number of fused-ring (bicyclic) bond motifs is 14. The molecule has 4 aromatic carbocycles. The largest absolute Gasteiger partial charge is 0.309 e. The molecule has 10 rings (SSSR count). The van der Waals surface area contributed by atoms with Gasteiger partial charge >= 0.3 is 0 Å². The Bertz CT molecular complexity index is 2550. The Hall–Kier alpha value is -5.55. The van der Waals surface area contributed by atoms with Crippen LogP contribution >= 0.6 is 0 Å². The molecule has 0 saturated heterocycles. The van der Waals surface area contributed by atoms with Gasteiger partial charge in [-0.05, 0) is 82.6 Å². The highest BCUT2D eigenvalue weighted by atomic mass is 15.0. The number of aromatic nitrogens is 5. The lowest BCUT2D eigenvalue weighted by Gasteiger charge is -2.11. The predicted molar refractivity (Wildman–Crippen MR) is 166 cm³/mol. The molecule has 0 saturated carbocycles. The zero-order chi connectivity index (χ0) is 26.7. The summed E-state index contributed by atoms with van der Waals surface area (Å²) in [6.07, 6.45) is 8.51. The number of imidazole rings is 1. The van der Waals surface area contributed by atoms with Crippen molar-refractivity contribution in [3.63, 3.8) is 0 Å². The Morgan fingerprint density at radius 1 is 0.537 bits per heavy atom. The van der Waals surface area contributed by atoms with Gasteiger partial charge in [0.2, 0.25) is 0 Å². The summed E-state index contributed by atoms with van der Waals surface area (Å²) in [6, 6.07) is 33.1. The first-order valence-corrected chi connectivity index (χ1v) is 13.9. The SMILES string of the molecule is c1ccc(-n2c3cc4c(cc3c3cc5c(cc32)c2cnccc2n2c3cnccc3nc52)Cc2ccccc2-4)cc1. The van der Waals surface area contributed by atoms with Crippen molar-refractivity contribution in [2.24, 2.45) is 0 Å². The van der Waals surface area contributed by atoms with Crippen LogP contribution in [0.2, 0.25) is 0 Å². The molecule has 1 aliphatic carbocycles. The number of pyridine rings is 3. The number of para-hydroxylation sites is 1. The predicted octanol–water partition coefficient (Wildman–Crippen LogP) is 8.25. The lowest BCUT2D eigenvalue weighted by atomic mass is 10.0. The van der Waals surface area contributed by atoms with E-state index in [4.69, 9.17) is 4.98 Å². The summed E-state index contributed by atoms with van der Waals surface area (Å²) >= 11 is 0. The quantitative estimate of drug-likeness (QED) is 0.204. The summed E-state index contributed by atoms with van der Waals surface area (Å²) in [5.41, 5.74) is 13.0. The summed E-state index contributed by atoms with van der Waals surface area (Å²) in [6.45, 7) is 0. The third-order valence-electron chi connectivity index (χ3n) is 8.86. The second-order valence-corrected chi connectivity index (χ2v) is 11.0. The minimum absolute atomic E-state index is 0.938. The third kappa shape index (κ3) is 2.72. The molecule has 0 fully saturated rings. The van der Waals surface area contributed by atoms with Crippen LogP contribution in [0.15, 0.2) is 116 Å². The van der Waals surface area contributed by atoms with Crippen molar-refractivity contribution in [1.82, 2.24) is 23.9 Å². The molecular formula is C36H21N5. The first-order valence-electron chi connectivity index (χ1n) is 13.9. The summed E-state index contributed by atoms with van der Waals surface area (Å²) in [5, 5.41) is 5.85. The minimum Gasteiger partial charge on any atom is -0.309 e. The van der Waals surface area contributed by atoms with Gasteiger partial charge in [0.05, 0.1) is 33.8 Å². The molecule has 5 heterocycles. The first kappa shape index (κ1) is 21.3. The molecule has 0 radical (unpaired) electrons. The first-order chi connectivity index (χ1) is 20.3. The lowest BCUT2D eigenvalue weighted by Crippen LogP contribution is -1.95. The van der Waals surface area contributed by atoms with Crippen molar-refractivity contribution < 1.29 is 0 Å². The average Bonchev–Trinajstić information content (AvgIpc) is 3.69. The van der Waals surface area contributed by atoms with Crippen LogP contribution in [0.3, 0.4) is 0 Å². The van der Waals surface area contributed by atoms with Crippen LogP contribution < -0.4 is 0 Å². The summed E-state index contributed by atoms with van der Waals surface area (Å²) in [7, 11) is 0. The van der Waals surface area contributed by atoms with Crippen LogP contribution in [0.5, 0.6) is 0 Å². The number of nitrogens with zero attached hydrogens (tertiary/aromatic N) is 5. The summed E-state index contributed by atoms with van der Waals surface area (Å²) in [4.78, 5) is 14.1. The maximum atomic E-state index is 5.13. The van der Waals surface area contributed by atoms with Crippen LogP contribution in [-0.4, -0.2) is 23.9 Å². The van der Waals surface area contributed by atoms with Gasteiger partial charge in [0.15, 0.2) is 0 Å². The monoisotopic (exact) mass is 523 g/mol. The fraction of sp³-hybridized carbons (Fsp3) is 0.0278. The van der Waals surface area contributed by atoms with Gasteiger partial charge in [0, 0.05) is 45.8 Å². The molecule has 41 heavy (non-hydrogen) atoms. The zero-order valence-electron chi connectivity index (χ0n) is 21.9. The molecule has 1 aliphatic rings. The minimum atomic E-state index is 0.938.